The minimum absolute atomic E-state index is 0.0792. The van der Waals surface area contributed by atoms with E-state index in [-0.39, 0.29) is 9.77 Å². The third kappa shape index (κ3) is 2.64. The first-order valence-electron chi connectivity index (χ1n) is 8.03. The number of nitrogens with zero attached hydrogens (tertiary/aromatic N) is 1. The number of sulfonamides is 1. The summed E-state index contributed by atoms with van der Waals surface area (Å²) in [6, 6.07) is 4.89. The van der Waals surface area contributed by atoms with E-state index in [1.165, 1.54) is 19.3 Å². The van der Waals surface area contributed by atoms with Gasteiger partial charge in [-0.3, -0.25) is 4.79 Å². The highest BCUT2D eigenvalue weighted by Crippen LogP contribution is 2.48. The summed E-state index contributed by atoms with van der Waals surface area (Å²) >= 11 is 1.08. The van der Waals surface area contributed by atoms with Crippen molar-refractivity contribution in [2.75, 3.05) is 6.54 Å². The van der Waals surface area contributed by atoms with Crippen LogP contribution >= 0.6 is 11.3 Å². The SMILES string of the molecule is Cn1c(=O)sc2cc(S(=O)(=O)NC[C@@H]3C[C@H]4CC[C@H]3C4)ccc21. The number of fused-ring (bicyclic) bond motifs is 3. The molecule has 1 aromatic carbocycles. The van der Waals surface area contributed by atoms with Crippen LogP contribution in [0.3, 0.4) is 0 Å². The van der Waals surface area contributed by atoms with Gasteiger partial charge in [-0.1, -0.05) is 17.8 Å². The highest BCUT2D eigenvalue weighted by Gasteiger charge is 2.39. The fraction of sp³-hybridized carbons (Fsp3) is 0.562. The summed E-state index contributed by atoms with van der Waals surface area (Å²) in [6.45, 7) is 0.534. The van der Waals surface area contributed by atoms with E-state index in [2.05, 4.69) is 4.72 Å². The van der Waals surface area contributed by atoms with E-state index >= 15 is 0 Å². The number of hydrogen-bond donors (Lipinski definition) is 1. The van der Waals surface area contributed by atoms with Crippen LogP contribution in [0, 0.1) is 17.8 Å². The molecule has 2 fully saturated rings. The standard InChI is InChI=1S/C16H20N2O3S2/c1-18-14-5-4-13(8-15(14)22-16(18)19)23(20,21)17-9-12-7-10-2-3-11(12)6-10/h4-5,8,10-12,17H,2-3,6-7,9H2,1H3/t10-,11-,12-/m0/s1. The second kappa shape index (κ2) is 5.43. The average Bonchev–Trinajstić information content (AvgIpc) is 3.21. The van der Waals surface area contributed by atoms with Crippen molar-refractivity contribution in [2.45, 2.75) is 30.6 Å². The van der Waals surface area contributed by atoms with Gasteiger partial charge in [-0.05, 0) is 55.2 Å². The van der Waals surface area contributed by atoms with Crippen LogP contribution in [0.4, 0.5) is 0 Å². The average molecular weight is 352 g/mol. The van der Waals surface area contributed by atoms with Gasteiger partial charge in [0.25, 0.3) is 0 Å². The van der Waals surface area contributed by atoms with Crippen molar-refractivity contribution < 1.29 is 8.42 Å². The van der Waals surface area contributed by atoms with Crippen LogP contribution < -0.4 is 9.60 Å². The Morgan fingerprint density at radius 1 is 1.30 bits per heavy atom. The summed E-state index contributed by atoms with van der Waals surface area (Å²) in [5, 5.41) is 0. The van der Waals surface area contributed by atoms with Gasteiger partial charge in [-0.2, -0.15) is 0 Å². The highest BCUT2D eigenvalue weighted by atomic mass is 32.2. The molecule has 2 aliphatic rings. The van der Waals surface area contributed by atoms with E-state index < -0.39 is 10.0 Å². The van der Waals surface area contributed by atoms with Crippen molar-refractivity contribution in [2.24, 2.45) is 24.8 Å². The van der Waals surface area contributed by atoms with Crippen molar-refractivity contribution >= 4 is 31.6 Å². The monoisotopic (exact) mass is 352 g/mol. The smallest absolute Gasteiger partial charge is 0.302 e. The van der Waals surface area contributed by atoms with E-state index in [9.17, 15) is 13.2 Å². The predicted octanol–water partition coefficient (Wildman–Crippen LogP) is 2.31. The molecule has 0 spiro atoms. The van der Waals surface area contributed by atoms with E-state index in [1.54, 1.807) is 29.8 Å². The zero-order chi connectivity index (χ0) is 16.2. The quantitative estimate of drug-likeness (QED) is 0.918. The fourth-order valence-electron chi connectivity index (χ4n) is 4.21. The van der Waals surface area contributed by atoms with Gasteiger partial charge in [0, 0.05) is 13.6 Å². The Morgan fingerprint density at radius 2 is 2.13 bits per heavy atom. The number of aromatic nitrogens is 1. The molecule has 124 valence electrons. The minimum atomic E-state index is -3.51. The van der Waals surface area contributed by atoms with E-state index in [0.29, 0.717) is 23.1 Å². The molecule has 1 heterocycles. The van der Waals surface area contributed by atoms with Crippen LogP contribution in [0.5, 0.6) is 0 Å². The minimum Gasteiger partial charge on any atom is -0.302 e. The Morgan fingerprint density at radius 3 is 2.83 bits per heavy atom. The third-order valence-corrected chi connectivity index (χ3v) is 7.91. The maximum atomic E-state index is 12.5. The van der Waals surface area contributed by atoms with Crippen molar-refractivity contribution in [1.82, 2.24) is 9.29 Å². The van der Waals surface area contributed by atoms with Crippen molar-refractivity contribution in [3.8, 4) is 0 Å². The van der Waals surface area contributed by atoms with Gasteiger partial charge in [-0.15, -0.1) is 0 Å². The molecule has 0 aliphatic heterocycles. The summed E-state index contributed by atoms with van der Waals surface area (Å²) in [7, 11) is -1.82. The van der Waals surface area contributed by atoms with Crippen LogP contribution in [0.1, 0.15) is 25.7 Å². The van der Waals surface area contributed by atoms with Crippen molar-refractivity contribution in [3.05, 3.63) is 27.9 Å². The van der Waals surface area contributed by atoms with Crippen LogP contribution in [0.15, 0.2) is 27.9 Å². The Kier molecular flexibility index (Phi) is 3.62. The molecule has 1 N–H and O–H groups in total. The Balaban J connectivity index is 1.55. The molecule has 2 aromatic rings. The summed E-state index contributed by atoms with van der Waals surface area (Å²) in [5.41, 5.74) is 0.770. The molecule has 0 saturated heterocycles. The molecule has 0 unspecified atom stereocenters. The second-order valence-corrected chi connectivity index (χ2v) is 9.60. The second-order valence-electron chi connectivity index (χ2n) is 6.84. The zero-order valence-electron chi connectivity index (χ0n) is 13.0. The van der Waals surface area contributed by atoms with E-state index in [1.807, 2.05) is 0 Å². The fourth-order valence-corrected chi connectivity index (χ4v) is 6.32. The summed E-state index contributed by atoms with van der Waals surface area (Å²) in [4.78, 5) is 11.9. The molecule has 0 radical (unpaired) electrons. The van der Waals surface area contributed by atoms with Crippen LogP contribution in [0.25, 0.3) is 10.2 Å². The Labute approximate surface area is 139 Å². The third-order valence-electron chi connectivity index (χ3n) is 5.49. The lowest BCUT2D eigenvalue weighted by Gasteiger charge is -2.21. The molecule has 3 atom stereocenters. The molecule has 23 heavy (non-hydrogen) atoms. The molecule has 1 aromatic heterocycles. The van der Waals surface area contributed by atoms with Crippen LogP contribution in [-0.4, -0.2) is 19.5 Å². The van der Waals surface area contributed by atoms with Gasteiger partial charge in [0.05, 0.1) is 15.1 Å². The summed E-state index contributed by atoms with van der Waals surface area (Å²) in [5.74, 6) is 2.00. The maximum Gasteiger partial charge on any atom is 0.307 e. The first-order valence-corrected chi connectivity index (χ1v) is 10.3. The Bertz CT molecular complexity index is 913. The zero-order valence-corrected chi connectivity index (χ0v) is 14.6. The molecule has 7 heteroatoms. The number of rotatable bonds is 4. The lowest BCUT2D eigenvalue weighted by Crippen LogP contribution is -2.31. The number of thiazole rings is 1. The van der Waals surface area contributed by atoms with Gasteiger partial charge < -0.3 is 4.57 Å². The molecule has 2 aliphatic carbocycles. The molecule has 4 rings (SSSR count). The largest absolute Gasteiger partial charge is 0.307 e. The van der Waals surface area contributed by atoms with E-state index in [4.69, 9.17) is 0 Å². The lowest BCUT2D eigenvalue weighted by atomic mass is 9.89. The molecular formula is C16H20N2O3S2. The topological polar surface area (TPSA) is 68.2 Å². The van der Waals surface area contributed by atoms with Crippen molar-refractivity contribution in [3.63, 3.8) is 0 Å². The first-order chi connectivity index (χ1) is 10.9. The molecular weight excluding hydrogens is 332 g/mol. The maximum absolute atomic E-state index is 12.5. The van der Waals surface area contributed by atoms with Gasteiger partial charge in [-0.25, -0.2) is 13.1 Å². The highest BCUT2D eigenvalue weighted by molar-refractivity contribution is 7.89. The number of hydrogen-bond acceptors (Lipinski definition) is 4. The predicted molar refractivity (Wildman–Crippen MR) is 91.2 cm³/mol. The normalized spacial score (nSPS) is 27.1. The Hall–Kier alpha value is -1.18. The van der Waals surface area contributed by atoms with Crippen LogP contribution in [0.2, 0.25) is 0 Å². The van der Waals surface area contributed by atoms with Crippen LogP contribution in [-0.2, 0) is 17.1 Å². The lowest BCUT2D eigenvalue weighted by molar-refractivity contribution is 0.333. The molecule has 0 amide bonds. The molecule has 2 saturated carbocycles. The van der Waals surface area contributed by atoms with Crippen molar-refractivity contribution in [1.29, 1.82) is 0 Å². The number of benzene rings is 1. The van der Waals surface area contributed by atoms with Gasteiger partial charge in [0.2, 0.25) is 10.0 Å². The molecule has 2 bridgehead atoms. The van der Waals surface area contributed by atoms with Gasteiger partial charge in [0.1, 0.15) is 0 Å². The van der Waals surface area contributed by atoms with Gasteiger partial charge >= 0.3 is 4.87 Å². The summed E-state index contributed by atoms with van der Waals surface area (Å²) < 4.78 is 30.1. The number of nitrogens with one attached hydrogen (secondary N) is 1. The summed E-state index contributed by atoms with van der Waals surface area (Å²) in [6.07, 6.45) is 5.00. The first kappa shape index (κ1) is 15.4. The number of aryl methyl sites for hydroxylation is 1. The van der Waals surface area contributed by atoms with E-state index in [0.717, 1.165) is 29.2 Å². The molecule has 5 nitrogen and oxygen atoms in total. The van der Waals surface area contributed by atoms with Gasteiger partial charge in [0.15, 0.2) is 0 Å².